The average Bonchev–Trinajstić information content (AvgIpc) is 4.06. The molecule has 0 aliphatic heterocycles. The van der Waals surface area contributed by atoms with Crippen molar-refractivity contribution in [2.45, 2.75) is 48.5 Å². The van der Waals surface area contributed by atoms with Crippen LogP contribution in [0.1, 0.15) is 55.6 Å². The molecule has 0 bridgehead atoms. The molecule has 2 aliphatic rings. The second-order valence-electron chi connectivity index (χ2n) is 21.3. The highest BCUT2D eigenvalue weighted by Gasteiger charge is 2.29. The molecule has 0 atom stereocenters. The van der Waals surface area contributed by atoms with E-state index in [0.29, 0.717) is 16.7 Å². The van der Waals surface area contributed by atoms with Crippen molar-refractivity contribution >= 4 is 53.9 Å². The minimum Gasteiger partial charge on any atom is -0.192 e. The van der Waals surface area contributed by atoms with Gasteiger partial charge >= 0.3 is 0 Å². The summed E-state index contributed by atoms with van der Waals surface area (Å²) in [6.07, 6.45) is 0. The van der Waals surface area contributed by atoms with Crippen LogP contribution in [0.3, 0.4) is 0 Å². The van der Waals surface area contributed by atoms with E-state index in [2.05, 4.69) is 194 Å². The number of benzene rings is 12. The summed E-state index contributed by atoms with van der Waals surface area (Å²) in [4.78, 5) is 0. The van der Waals surface area contributed by atoms with Crippen molar-refractivity contribution in [1.82, 2.24) is 0 Å². The zero-order valence-corrected chi connectivity index (χ0v) is 42.9. The van der Waals surface area contributed by atoms with Crippen LogP contribution in [0.4, 0.5) is 0 Å². The molecule has 0 unspecified atom stereocenters. The zero-order valence-electron chi connectivity index (χ0n) is 42.9. The normalized spacial score (nSPS) is 11.9. The van der Waals surface area contributed by atoms with E-state index in [1.165, 1.54) is 137 Å². The third-order valence-electron chi connectivity index (χ3n) is 16.8. The summed E-state index contributed by atoms with van der Waals surface area (Å²) in [6, 6.07) is 65.5. The standard InChI is InChI=1S/C72H47N3/c1-37-14-15-38(2)55(22-37)61-32-67-66-29-58-50-13-9-11-48-52(70-42(6)25-46(36-75)26-43(70)7)19-21-54(72(48)50)60(58)31-64(66)62(56-27-44(34-73)17-16-39(56)3)33-68(67)65-28-57-49-12-8-10-47-51(69-40(4)23-45(35-74)24-41(69)5)18-20-53(71(47)49)59(57)30-63(61)65/h8-33H,1-7H3. The molecule has 12 aromatic rings. The molecule has 0 radical (unpaired) electrons. The van der Waals surface area contributed by atoms with Crippen molar-refractivity contribution in [3.63, 3.8) is 0 Å². The van der Waals surface area contributed by atoms with Gasteiger partial charge in [0.2, 0.25) is 0 Å². The first-order valence-corrected chi connectivity index (χ1v) is 25.7. The number of nitrogens with zero attached hydrogens (tertiary/aromatic N) is 3. The van der Waals surface area contributed by atoms with E-state index in [1.807, 2.05) is 30.3 Å². The molecule has 0 N–H and O–H groups in total. The number of nitriles is 3. The first kappa shape index (κ1) is 44.1. The molecule has 0 aromatic heterocycles. The van der Waals surface area contributed by atoms with Gasteiger partial charge in [-0.05, 0) is 298 Å². The van der Waals surface area contributed by atoms with Crippen molar-refractivity contribution in [2.24, 2.45) is 0 Å². The van der Waals surface area contributed by atoms with Gasteiger partial charge < -0.3 is 0 Å². The molecule has 12 aromatic carbocycles. The molecule has 75 heavy (non-hydrogen) atoms. The van der Waals surface area contributed by atoms with Crippen LogP contribution in [0.2, 0.25) is 0 Å². The lowest BCUT2D eigenvalue weighted by Crippen LogP contribution is -1.94. The lowest BCUT2D eigenvalue weighted by atomic mass is 9.83. The van der Waals surface area contributed by atoms with Crippen LogP contribution < -0.4 is 0 Å². The van der Waals surface area contributed by atoms with E-state index >= 15 is 0 Å². The highest BCUT2D eigenvalue weighted by atomic mass is 14.3. The number of hydrogen-bond acceptors (Lipinski definition) is 3. The Labute approximate surface area is 436 Å². The molecule has 0 spiro atoms. The zero-order chi connectivity index (χ0) is 51.3. The summed E-state index contributed by atoms with van der Waals surface area (Å²) in [5, 5.41) is 42.0. The summed E-state index contributed by atoms with van der Waals surface area (Å²) < 4.78 is 0. The van der Waals surface area contributed by atoms with Crippen molar-refractivity contribution < 1.29 is 0 Å². The molecule has 3 heteroatoms. The monoisotopic (exact) mass is 953 g/mol. The van der Waals surface area contributed by atoms with Crippen molar-refractivity contribution in [1.29, 1.82) is 15.8 Å². The van der Waals surface area contributed by atoms with E-state index in [-0.39, 0.29) is 0 Å². The number of fused-ring (bicyclic) bond motifs is 11. The minimum absolute atomic E-state index is 0.632. The highest BCUT2D eigenvalue weighted by molar-refractivity contribution is 6.30. The molecule has 0 saturated carbocycles. The van der Waals surface area contributed by atoms with Gasteiger partial charge in [0.1, 0.15) is 0 Å². The first-order valence-electron chi connectivity index (χ1n) is 25.7. The molecule has 3 nitrogen and oxygen atoms in total. The van der Waals surface area contributed by atoms with Crippen LogP contribution in [0.25, 0.3) is 143 Å². The second-order valence-corrected chi connectivity index (χ2v) is 21.3. The SMILES string of the molecule is Cc1ccc(C)c(-c2cc3c4cc5c(cc4c(-c4cc(C#N)ccc4C)cc3c3cc4c(cc23)-c2ccc(-c3c(C)cc(C#N)cc3C)c3cccc-4c23)-c2ccc(-c3c(C)cc(C#N)cc3C)c3cccc-5c23)c1. The van der Waals surface area contributed by atoms with Crippen molar-refractivity contribution in [3.8, 4) is 107 Å². The highest BCUT2D eigenvalue weighted by Crippen LogP contribution is 2.56. The van der Waals surface area contributed by atoms with E-state index in [1.54, 1.807) is 0 Å². The summed E-state index contributed by atoms with van der Waals surface area (Å²) in [6.45, 7) is 15.0. The summed E-state index contributed by atoms with van der Waals surface area (Å²) >= 11 is 0. The Balaban J connectivity index is 1.09. The molecule has 0 fully saturated rings. The Morgan fingerprint density at radius 3 is 1.04 bits per heavy atom. The Morgan fingerprint density at radius 1 is 0.240 bits per heavy atom. The Kier molecular flexibility index (Phi) is 9.39. The molecular weight excluding hydrogens is 907 g/mol. The van der Waals surface area contributed by atoms with E-state index in [9.17, 15) is 15.8 Å². The summed E-state index contributed by atoms with van der Waals surface area (Å²) in [5.74, 6) is 0. The Hall–Kier alpha value is -9.59. The fourth-order valence-electron chi connectivity index (χ4n) is 13.5. The quantitative estimate of drug-likeness (QED) is 0.165. The molecule has 0 amide bonds. The maximum absolute atomic E-state index is 10.4. The average molecular weight is 954 g/mol. The third kappa shape index (κ3) is 6.25. The molecule has 350 valence electrons. The maximum atomic E-state index is 10.4. The maximum Gasteiger partial charge on any atom is 0.0991 e. The molecule has 0 heterocycles. The van der Waals surface area contributed by atoms with Crippen molar-refractivity contribution in [3.05, 3.63) is 213 Å². The molecular formula is C72H47N3. The minimum atomic E-state index is 0.632. The van der Waals surface area contributed by atoms with Crippen LogP contribution >= 0.6 is 0 Å². The van der Waals surface area contributed by atoms with Gasteiger partial charge in [0.15, 0.2) is 0 Å². The topological polar surface area (TPSA) is 71.4 Å². The lowest BCUT2D eigenvalue weighted by Gasteiger charge is -2.20. The molecule has 14 rings (SSSR count). The summed E-state index contributed by atoms with van der Waals surface area (Å²) in [5.41, 5.74) is 29.0. The van der Waals surface area contributed by atoms with Crippen LogP contribution in [0.5, 0.6) is 0 Å². The largest absolute Gasteiger partial charge is 0.192 e. The van der Waals surface area contributed by atoms with E-state index in [0.717, 1.165) is 44.3 Å². The van der Waals surface area contributed by atoms with Gasteiger partial charge in [-0.2, -0.15) is 15.8 Å². The van der Waals surface area contributed by atoms with E-state index < -0.39 is 0 Å². The number of hydrogen-bond donors (Lipinski definition) is 0. The lowest BCUT2D eigenvalue weighted by molar-refractivity contribution is 1.35. The van der Waals surface area contributed by atoms with Crippen LogP contribution in [-0.2, 0) is 0 Å². The Bertz CT molecular complexity index is 4760. The van der Waals surface area contributed by atoms with Crippen LogP contribution in [0.15, 0.2) is 158 Å². The predicted molar refractivity (Wildman–Crippen MR) is 312 cm³/mol. The van der Waals surface area contributed by atoms with Gasteiger partial charge in [-0.3, -0.25) is 0 Å². The van der Waals surface area contributed by atoms with Gasteiger partial charge in [-0.1, -0.05) is 90.5 Å². The van der Waals surface area contributed by atoms with Crippen LogP contribution in [0, 0.1) is 82.5 Å². The second kappa shape index (κ2) is 16.0. The van der Waals surface area contributed by atoms with Gasteiger partial charge in [0.05, 0.1) is 34.9 Å². The number of rotatable bonds is 4. The van der Waals surface area contributed by atoms with Gasteiger partial charge in [-0.25, -0.2) is 0 Å². The Morgan fingerprint density at radius 2 is 0.600 bits per heavy atom. The molecule has 2 aliphatic carbocycles. The van der Waals surface area contributed by atoms with Gasteiger partial charge in [0, 0.05) is 0 Å². The van der Waals surface area contributed by atoms with Gasteiger partial charge in [-0.15, -0.1) is 0 Å². The fourth-order valence-corrected chi connectivity index (χ4v) is 13.5. The fraction of sp³-hybridized carbons (Fsp3) is 0.0972. The van der Waals surface area contributed by atoms with Crippen molar-refractivity contribution in [2.75, 3.05) is 0 Å². The first-order chi connectivity index (χ1) is 36.4. The predicted octanol–water partition coefficient (Wildman–Crippen LogP) is 19.2. The van der Waals surface area contributed by atoms with Gasteiger partial charge in [0.25, 0.3) is 0 Å². The summed E-state index contributed by atoms with van der Waals surface area (Å²) in [7, 11) is 0. The van der Waals surface area contributed by atoms with Crippen LogP contribution in [-0.4, -0.2) is 0 Å². The smallest absolute Gasteiger partial charge is 0.0991 e. The number of aryl methyl sites for hydroxylation is 7. The third-order valence-corrected chi connectivity index (χ3v) is 16.8. The molecule has 0 saturated heterocycles. The van der Waals surface area contributed by atoms with E-state index in [4.69, 9.17) is 0 Å².